The maximum atomic E-state index is 13.0. The smallest absolute Gasteiger partial charge is 0.441 e. The molecule has 2 aromatic rings. The molecular weight excluding hydrogens is 426 g/mol. The molecule has 0 aliphatic heterocycles. The number of hydrogen-bond donors (Lipinski definition) is 1. The lowest BCUT2D eigenvalue weighted by molar-refractivity contribution is -0.237. The lowest BCUT2D eigenvalue weighted by Crippen LogP contribution is -2.42. The first-order valence-electron chi connectivity index (χ1n) is 9.31. The van der Waals surface area contributed by atoms with Gasteiger partial charge in [0.25, 0.3) is 0 Å². The van der Waals surface area contributed by atoms with Crippen LogP contribution in [0.1, 0.15) is 43.6 Å². The molecule has 0 atom stereocenters. The molecule has 0 bridgehead atoms. The molecule has 0 saturated heterocycles. The van der Waals surface area contributed by atoms with Gasteiger partial charge in [-0.3, -0.25) is 5.26 Å². The molecule has 0 fully saturated rings. The minimum absolute atomic E-state index is 0.00405. The van der Waals surface area contributed by atoms with E-state index >= 15 is 0 Å². The number of aryl methyl sites for hydroxylation is 1. The number of ether oxygens (including phenoxy) is 1. The normalized spacial score (nSPS) is 11.0. The molecule has 1 amide bonds. The van der Waals surface area contributed by atoms with Crippen LogP contribution in [-0.4, -0.2) is 42.4 Å². The second-order valence-corrected chi connectivity index (χ2v) is 8.86. The summed E-state index contributed by atoms with van der Waals surface area (Å²) < 4.78 is 31.1. The van der Waals surface area contributed by atoms with Crippen molar-refractivity contribution >= 4 is 22.1 Å². The third-order valence-electron chi connectivity index (χ3n) is 3.44. The Hall–Kier alpha value is -2.95. The summed E-state index contributed by atoms with van der Waals surface area (Å²) in [5.41, 5.74) is -0.511. The summed E-state index contributed by atoms with van der Waals surface area (Å²) in [6, 6.07) is 13.8. The highest BCUT2D eigenvalue weighted by Crippen LogP contribution is 2.23. The zero-order valence-corrected chi connectivity index (χ0v) is 18.9. The number of rotatable bonds is 4. The lowest BCUT2D eigenvalue weighted by atomic mass is 10.2. The van der Waals surface area contributed by atoms with E-state index in [0.717, 1.165) is 0 Å². The maximum absolute atomic E-state index is 13.0. The van der Waals surface area contributed by atoms with Crippen molar-refractivity contribution in [2.75, 3.05) is 6.61 Å². The second-order valence-electron chi connectivity index (χ2n) is 7.14. The van der Waals surface area contributed by atoms with Gasteiger partial charge < -0.3 is 9.57 Å². The Morgan fingerprint density at radius 3 is 2.00 bits per heavy atom. The lowest BCUT2D eigenvalue weighted by Gasteiger charge is -2.25. The van der Waals surface area contributed by atoms with E-state index in [4.69, 9.17) is 14.8 Å². The molecular formula is C21H27NO8S. The maximum Gasteiger partial charge on any atom is 0.459 e. The summed E-state index contributed by atoms with van der Waals surface area (Å²) in [4.78, 5) is 33.2. The fourth-order valence-corrected chi connectivity index (χ4v) is 3.42. The van der Waals surface area contributed by atoms with Crippen LogP contribution in [0.4, 0.5) is 4.79 Å². The standard InChI is InChI=1S/C19H21NO6S.C2H6O2/c1-14-10-8-9-13-16(14)27(23,24)20(18(22)25-19(2,3)4)26-17(21)15-11-6-5-7-12-15;1-2-4-3/h5-13H,1-4H3;3H,2H2,1H3. The first-order valence-corrected chi connectivity index (χ1v) is 10.8. The molecule has 31 heavy (non-hydrogen) atoms. The Morgan fingerprint density at radius 1 is 1.00 bits per heavy atom. The first-order chi connectivity index (χ1) is 14.4. The van der Waals surface area contributed by atoms with E-state index < -0.39 is 27.7 Å². The molecule has 0 aliphatic carbocycles. The van der Waals surface area contributed by atoms with Gasteiger partial charge in [-0.05, 0) is 62.8 Å². The van der Waals surface area contributed by atoms with Gasteiger partial charge in [0, 0.05) is 0 Å². The van der Waals surface area contributed by atoms with Gasteiger partial charge in [0.15, 0.2) is 0 Å². The monoisotopic (exact) mass is 453 g/mol. The Balaban J connectivity index is 0.00000110. The SMILES string of the molecule is CCOO.Cc1ccccc1S(=O)(=O)N(OC(=O)c1ccccc1)C(=O)OC(C)(C)C. The Kier molecular flexibility index (Phi) is 9.63. The minimum atomic E-state index is -4.49. The predicted molar refractivity (Wildman–Crippen MR) is 113 cm³/mol. The molecule has 2 aromatic carbocycles. The second kappa shape index (κ2) is 11.4. The largest absolute Gasteiger partial charge is 0.459 e. The highest BCUT2D eigenvalue weighted by Gasteiger charge is 2.38. The summed E-state index contributed by atoms with van der Waals surface area (Å²) in [7, 11) is -4.49. The number of hydrogen-bond acceptors (Lipinski definition) is 8. The van der Waals surface area contributed by atoms with E-state index in [-0.39, 0.29) is 14.9 Å². The molecule has 0 saturated carbocycles. The Labute approximate surface area is 182 Å². The first kappa shape index (κ1) is 26.1. The molecule has 10 heteroatoms. The van der Waals surface area contributed by atoms with Crippen molar-refractivity contribution in [2.45, 2.75) is 45.1 Å². The van der Waals surface area contributed by atoms with Gasteiger partial charge in [-0.15, -0.1) is 0 Å². The van der Waals surface area contributed by atoms with Gasteiger partial charge in [-0.2, -0.15) is 8.42 Å². The van der Waals surface area contributed by atoms with Crippen LogP contribution in [0.15, 0.2) is 59.5 Å². The predicted octanol–water partition coefficient (Wildman–Crippen LogP) is 4.19. The molecule has 9 nitrogen and oxygen atoms in total. The number of amides is 1. The van der Waals surface area contributed by atoms with Gasteiger partial charge in [0.05, 0.1) is 17.1 Å². The fraction of sp³-hybridized carbons (Fsp3) is 0.333. The fourth-order valence-electron chi connectivity index (χ4n) is 2.12. The average molecular weight is 454 g/mol. The number of carbonyl (C=O) groups excluding carboxylic acids is 2. The molecule has 0 unspecified atom stereocenters. The van der Waals surface area contributed by atoms with E-state index in [0.29, 0.717) is 12.2 Å². The third-order valence-corrected chi connectivity index (χ3v) is 5.11. The van der Waals surface area contributed by atoms with Crippen molar-refractivity contribution in [3.63, 3.8) is 0 Å². The van der Waals surface area contributed by atoms with E-state index in [1.54, 1.807) is 65.0 Å². The molecule has 0 heterocycles. The molecule has 0 radical (unpaired) electrons. The molecule has 2 rings (SSSR count). The minimum Gasteiger partial charge on any atom is -0.441 e. The topological polar surface area (TPSA) is 119 Å². The van der Waals surface area contributed by atoms with Crippen LogP contribution in [0, 0.1) is 6.92 Å². The zero-order valence-electron chi connectivity index (χ0n) is 18.1. The van der Waals surface area contributed by atoms with Crippen molar-refractivity contribution in [3.8, 4) is 0 Å². The molecule has 0 aliphatic rings. The van der Waals surface area contributed by atoms with Crippen LogP contribution in [-0.2, 0) is 24.5 Å². The summed E-state index contributed by atoms with van der Waals surface area (Å²) >= 11 is 0. The summed E-state index contributed by atoms with van der Waals surface area (Å²) in [5, 5.41) is 7.38. The number of carbonyl (C=O) groups is 2. The number of hydroxylamine groups is 1. The van der Waals surface area contributed by atoms with E-state index in [2.05, 4.69) is 4.89 Å². The van der Waals surface area contributed by atoms with Crippen molar-refractivity contribution < 1.29 is 37.7 Å². The number of nitrogens with zero attached hydrogens (tertiary/aromatic N) is 1. The van der Waals surface area contributed by atoms with Crippen LogP contribution in [0.3, 0.4) is 0 Å². The van der Waals surface area contributed by atoms with Crippen molar-refractivity contribution in [2.24, 2.45) is 0 Å². The van der Waals surface area contributed by atoms with Gasteiger partial charge >= 0.3 is 22.1 Å². The van der Waals surface area contributed by atoms with E-state index in [9.17, 15) is 18.0 Å². The van der Waals surface area contributed by atoms with Gasteiger partial charge in [-0.1, -0.05) is 36.4 Å². The molecule has 1 N–H and O–H groups in total. The third kappa shape index (κ3) is 8.00. The van der Waals surface area contributed by atoms with Crippen LogP contribution in [0.25, 0.3) is 0 Å². The Bertz CT molecular complexity index is 966. The number of sulfonamides is 1. The van der Waals surface area contributed by atoms with E-state index in [1.165, 1.54) is 24.3 Å². The van der Waals surface area contributed by atoms with E-state index in [1.807, 2.05) is 0 Å². The zero-order chi connectivity index (χ0) is 23.7. The van der Waals surface area contributed by atoms with Gasteiger partial charge in [0.1, 0.15) is 5.60 Å². The summed E-state index contributed by atoms with van der Waals surface area (Å²) in [6.07, 6.45) is -1.31. The van der Waals surface area contributed by atoms with Crippen molar-refractivity contribution in [1.29, 1.82) is 0 Å². The van der Waals surface area contributed by atoms with Gasteiger partial charge in [0.2, 0.25) is 0 Å². The van der Waals surface area contributed by atoms with Crippen LogP contribution in [0.5, 0.6) is 0 Å². The molecule has 170 valence electrons. The summed E-state index contributed by atoms with van der Waals surface area (Å²) in [5.74, 6) is -1.00. The van der Waals surface area contributed by atoms with Crippen molar-refractivity contribution in [1.82, 2.24) is 4.47 Å². The van der Waals surface area contributed by atoms with Crippen LogP contribution in [0.2, 0.25) is 0 Å². The quantitative estimate of drug-likeness (QED) is 0.541. The highest BCUT2D eigenvalue weighted by molar-refractivity contribution is 7.89. The average Bonchev–Trinajstić information content (AvgIpc) is 2.71. The number of benzene rings is 2. The molecule has 0 spiro atoms. The Morgan fingerprint density at radius 2 is 1.52 bits per heavy atom. The van der Waals surface area contributed by atoms with Crippen molar-refractivity contribution in [3.05, 3.63) is 65.7 Å². The van der Waals surface area contributed by atoms with Crippen LogP contribution >= 0.6 is 0 Å². The highest BCUT2D eigenvalue weighted by atomic mass is 32.2. The summed E-state index contributed by atoms with van der Waals surface area (Å²) in [6.45, 7) is 8.37. The molecule has 0 aromatic heterocycles. The van der Waals surface area contributed by atoms with Crippen LogP contribution < -0.4 is 0 Å². The van der Waals surface area contributed by atoms with Gasteiger partial charge in [-0.25, -0.2) is 14.5 Å².